The van der Waals surface area contributed by atoms with E-state index in [1.165, 1.54) is 0 Å². The number of hydrogen-bond donors (Lipinski definition) is 2. The predicted molar refractivity (Wildman–Crippen MR) is 125 cm³/mol. The molecule has 6 heteroatoms. The van der Waals surface area contributed by atoms with E-state index in [-0.39, 0.29) is 5.75 Å². The highest BCUT2D eigenvalue weighted by Crippen LogP contribution is 2.32. The molecule has 1 aromatic heterocycles. The summed E-state index contributed by atoms with van der Waals surface area (Å²) >= 11 is 0. The van der Waals surface area contributed by atoms with Gasteiger partial charge in [-0.25, -0.2) is 8.42 Å². The lowest BCUT2D eigenvalue weighted by Crippen LogP contribution is -2.30. The summed E-state index contributed by atoms with van der Waals surface area (Å²) in [6.07, 6.45) is 1.50. The van der Waals surface area contributed by atoms with Gasteiger partial charge in [0.15, 0.2) is 0 Å². The smallest absolute Gasteiger partial charge is 0.232 e. The maximum Gasteiger partial charge on any atom is 0.232 e. The minimum Gasteiger partial charge on any atom is -0.354 e. The van der Waals surface area contributed by atoms with Crippen LogP contribution >= 0.6 is 0 Å². The molecule has 4 rings (SSSR count). The number of fused-ring (bicyclic) bond motifs is 2. The highest BCUT2D eigenvalue weighted by molar-refractivity contribution is 7.92. The number of hydrogen-bond acceptors (Lipinski definition) is 3. The first kappa shape index (κ1) is 20.2. The minimum absolute atomic E-state index is 0.141. The molecular weight excluding hydrogens is 394 g/mol. The van der Waals surface area contributed by atoms with Gasteiger partial charge in [0.2, 0.25) is 21.1 Å². The van der Waals surface area contributed by atoms with Crippen molar-refractivity contribution in [1.29, 1.82) is 0 Å². The fourth-order valence-corrected chi connectivity index (χ4v) is 4.96. The normalized spacial score (nSPS) is 11.7. The van der Waals surface area contributed by atoms with Gasteiger partial charge in [-0.05, 0) is 42.8 Å². The Kier molecular flexibility index (Phi) is 5.59. The van der Waals surface area contributed by atoms with Gasteiger partial charge in [0.25, 0.3) is 0 Å². The number of anilines is 3. The molecule has 0 atom stereocenters. The molecule has 1 heterocycles. The molecule has 0 bridgehead atoms. The second kappa shape index (κ2) is 8.32. The Morgan fingerprint density at radius 1 is 0.800 bits per heavy atom. The zero-order valence-corrected chi connectivity index (χ0v) is 18.0. The third-order valence-electron chi connectivity index (χ3n) is 5.26. The van der Waals surface area contributed by atoms with Crippen LogP contribution in [0.25, 0.3) is 21.8 Å². The molecule has 0 fully saturated rings. The number of aromatic nitrogens is 1. The summed E-state index contributed by atoms with van der Waals surface area (Å²) in [5, 5.41) is 5.81. The van der Waals surface area contributed by atoms with Crippen molar-refractivity contribution in [1.82, 2.24) is 0 Å². The highest BCUT2D eigenvalue weighted by atomic mass is 32.2. The summed E-state index contributed by atoms with van der Waals surface area (Å²) in [5.74, 6) is 0.141. The van der Waals surface area contributed by atoms with Crippen molar-refractivity contribution in [2.24, 2.45) is 7.05 Å². The summed E-state index contributed by atoms with van der Waals surface area (Å²) in [7, 11) is -1.23. The van der Waals surface area contributed by atoms with Crippen molar-refractivity contribution in [3.8, 4) is 0 Å². The van der Waals surface area contributed by atoms with Gasteiger partial charge in [0, 0.05) is 23.5 Å². The Labute approximate surface area is 177 Å². The largest absolute Gasteiger partial charge is 0.354 e. The summed E-state index contributed by atoms with van der Waals surface area (Å²) in [4.78, 5) is 0. The van der Waals surface area contributed by atoms with Crippen LogP contribution in [0.15, 0.2) is 72.8 Å². The van der Waals surface area contributed by atoms with E-state index in [1.807, 2.05) is 43.3 Å². The fourth-order valence-electron chi connectivity index (χ4n) is 3.70. The topological polar surface area (TPSA) is 62.1 Å². The quantitative estimate of drug-likeness (QED) is 0.323. The molecule has 154 valence electrons. The Bertz CT molecular complexity index is 1240. The molecular formula is C24H26N3O2S+. The van der Waals surface area contributed by atoms with Gasteiger partial charge < -0.3 is 5.32 Å². The Balaban J connectivity index is 1.68. The summed E-state index contributed by atoms with van der Waals surface area (Å²) in [6, 6.07) is 24.0. The third-order valence-corrected chi connectivity index (χ3v) is 6.64. The number of benzene rings is 3. The van der Waals surface area contributed by atoms with Gasteiger partial charge in [0.1, 0.15) is 7.05 Å². The van der Waals surface area contributed by atoms with Crippen LogP contribution in [0, 0.1) is 0 Å². The number of nitrogens with one attached hydrogen (secondary N) is 2. The van der Waals surface area contributed by atoms with Gasteiger partial charge in [-0.3, -0.25) is 4.72 Å². The van der Waals surface area contributed by atoms with E-state index < -0.39 is 10.0 Å². The van der Waals surface area contributed by atoms with E-state index in [0.29, 0.717) is 12.1 Å². The van der Waals surface area contributed by atoms with Gasteiger partial charge in [0.05, 0.1) is 22.2 Å². The van der Waals surface area contributed by atoms with Gasteiger partial charge in [-0.15, -0.1) is 0 Å². The molecule has 0 aliphatic heterocycles. The molecule has 0 amide bonds. The van der Waals surface area contributed by atoms with Gasteiger partial charge in [-0.1, -0.05) is 37.6 Å². The summed E-state index contributed by atoms with van der Waals surface area (Å²) in [5.41, 5.74) is 4.79. The van der Waals surface area contributed by atoms with Crippen molar-refractivity contribution in [2.45, 2.75) is 19.8 Å². The molecule has 0 unspecified atom stereocenters. The number of aryl methyl sites for hydroxylation is 1. The van der Waals surface area contributed by atoms with Crippen LogP contribution in [0.2, 0.25) is 0 Å². The van der Waals surface area contributed by atoms with Crippen molar-refractivity contribution >= 4 is 48.9 Å². The van der Waals surface area contributed by atoms with Gasteiger partial charge in [-0.2, -0.15) is 4.57 Å². The Hall–Kier alpha value is -3.12. The number of rotatable bonds is 7. The number of para-hydroxylation sites is 2. The lowest BCUT2D eigenvalue weighted by atomic mass is 10.1. The first-order valence-corrected chi connectivity index (χ1v) is 11.8. The molecule has 4 aromatic rings. The number of unbranched alkanes of at least 4 members (excludes halogenated alkanes) is 1. The van der Waals surface area contributed by atoms with E-state index in [9.17, 15) is 8.42 Å². The molecule has 0 radical (unpaired) electrons. The highest BCUT2D eigenvalue weighted by Gasteiger charge is 2.17. The molecule has 0 saturated carbocycles. The lowest BCUT2D eigenvalue weighted by molar-refractivity contribution is -0.617. The van der Waals surface area contributed by atoms with E-state index >= 15 is 0 Å². The third kappa shape index (κ3) is 4.09. The molecule has 0 spiro atoms. The zero-order valence-electron chi connectivity index (χ0n) is 17.2. The average Bonchev–Trinajstić information content (AvgIpc) is 2.76. The van der Waals surface area contributed by atoms with Gasteiger partial charge >= 0.3 is 0 Å². The molecule has 30 heavy (non-hydrogen) atoms. The number of pyridine rings is 1. The predicted octanol–water partition coefficient (Wildman–Crippen LogP) is 5.10. The maximum absolute atomic E-state index is 12.1. The van der Waals surface area contributed by atoms with Crippen molar-refractivity contribution in [2.75, 3.05) is 15.8 Å². The number of nitrogens with zero attached hydrogens (tertiary/aromatic N) is 1. The molecule has 0 aliphatic carbocycles. The molecule has 0 saturated heterocycles. The Morgan fingerprint density at radius 3 is 1.90 bits per heavy atom. The summed E-state index contributed by atoms with van der Waals surface area (Å²) < 4.78 is 29.1. The molecule has 5 nitrogen and oxygen atoms in total. The van der Waals surface area contributed by atoms with E-state index in [2.05, 4.69) is 45.9 Å². The Morgan fingerprint density at radius 2 is 1.33 bits per heavy atom. The van der Waals surface area contributed by atoms with Crippen LogP contribution in [0.4, 0.5) is 17.1 Å². The van der Waals surface area contributed by atoms with Crippen molar-refractivity contribution in [3.05, 3.63) is 72.8 Å². The first-order chi connectivity index (χ1) is 14.5. The van der Waals surface area contributed by atoms with Crippen molar-refractivity contribution < 1.29 is 13.0 Å². The minimum atomic E-state index is -3.30. The second-order valence-corrected chi connectivity index (χ2v) is 9.29. The average molecular weight is 421 g/mol. The molecule has 3 aromatic carbocycles. The van der Waals surface area contributed by atoms with Crippen LogP contribution in [0.5, 0.6) is 0 Å². The van der Waals surface area contributed by atoms with Crippen LogP contribution < -0.4 is 14.6 Å². The molecule has 0 aliphatic rings. The first-order valence-electron chi connectivity index (χ1n) is 10.2. The number of sulfonamides is 1. The zero-order chi connectivity index (χ0) is 21.1. The maximum atomic E-state index is 12.1. The van der Waals surface area contributed by atoms with Crippen molar-refractivity contribution in [3.63, 3.8) is 0 Å². The lowest BCUT2D eigenvalue weighted by Gasteiger charge is -2.13. The van der Waals surface area contributed by atoms with Crippen LogP contribution in [0.3, 0.4) is 0 Å². The fraction of sp³-hybridized carbons (Fsp3) is 0.208. The van der Waals surface area contributed by atoms with Crippen LogP contribution in [0.1, 0.15) is 19.8 Å². The molecule has 2 N–H and O–H groups in total. The van der Waals surface area contributed by atoms with Crippen LogP contribution in [-0.4, -0.2) is 14.2 Å². The van der Waals surface area contributed by atoms with E-state index in [0.717, 1.165) is 39.6 Å². The summed E-state index contributed by atoms with van der Waals surface area (Å²) in [6.45, 7) is 1.98. The SMILES string of the molecule is CCCCS(=O)(=O)Nc1ccc(Nc2c3ccccc3[n+](C)c3ccccc23)cc1. The second-order valence-electron chi connectivity index (χ2n) is 7.45. The standard InChI is InChI=1S/C24H25N3O2S/c1-3-4-17-30(28,29)26-19-15-13-18(14-16-19)25-24-20-9-5-7-11-22(20)27(2)23-12-8-6-10-21(23)24/h5-16,26H,3-4,17H2,1-2H3/p+1. The van der Waals surface area contributed by atoms with E-state index in [4.69, 9.17) is 0 Å². The van der Waals surface area contributed by atoms with E-state index in [1.54, 1.807) is 12.1 Å². The monoisotopic (exact) mass is 420 g/mol. The van der Waals surface area contributed by atoms with Crippen LogP contribution in [-0.2, 0) is 17.1 Å².